The summed E-state index contributed by atoms with van der Waals surface area (Å²) in [6, 6.07) is 8.12. The van der Waals surface area contributed by atoms with Crippen LogP contribution in [0.15, 0.2) is 42.5 Å². The van der Waals surface area contributed by atoms with E-state index in [-0.39, 0.29) is 41.4 Å². The van der Waals surface area contributed by atoms with Gasteiger partial charge in [0.05, 0.1) is 23.6 Å². The summed E-state index contributed by atoms with van der Waals surface area (Å²) in [5, 5.41) is 21.8. The van der Waals surface area contributed by atoms with E-state index in [0.29, 0.717) is 28.8 Å². The molecule has 0 aliphatic rings. The maximum absolute atomic E-state index is 14.9. The Morgan fingerprint density at radius 2 is 1.68 bits per heavy atom. The molecule has 0 radical (unpaired) electrons. The third kappa shape index (κ3) is 7.44. The molecule has 3 rings (SSSR count). The van der Waals surface area contributed by atoms with Crippen LogP contribution in [0.2, 0.25) is 0 Å². The molecule has 3 aromatic rings. The molecule has 0 aliphatic heterocycles. The van der Waals surface area contributed by atoms with Gasteiger partial charge >= 0.3 is 11.9 Å². The highest BCUT2D eigenvalue weighted by molar-refractivity contribution is 7.20. The first-order chi connectivity index (χ1) is 19.5. The minimum absolute atomic E-state index is 0.0690. The van der Waals surface area contributed by atoms with Gasteiger partial charge in [0.25, 0.3) is 5.69 Å². The summed E-state index contributed by atoms with van der Waals surface area (Å²) >= 11 is 1.06. The lowest BCUT2D eigenvalue weighted by molar-refractivity contribution is -0.384. The number of thiophene rings is 1. The highest BCUT2D eigenvalue weighted by Gasteiger charge is 2.35. The fourth-order valence-corrected chi connectivity index (χ4v) is 5.88. The van der Waals surface area contributed by atoms with Gasteiger partial charge in [-0.05, 0) is 57.3 Å². The largest absolute Gasteiger partial charge is 0.478 e. The van der Waals surface area contributed by atoms with Gasteiger partial charge in [0.15, 0.2) is 0 Å². The van der Waals surface area contributed by atoms with Crippen molar-refractivity contribution in [3.05, 3.63) is 80.9 Å². The number of carboxylic acids is 1. The molecule has 220 valence electrons. The van der Waals surface area contributed by atoms with Crippen LogP contribution >= 0.6 is 11.3 Å². The van der Waals surface area contributed by atoms with E-state index >= 15 is 0 Å². The number of carbonyl (C=O) groups is 2. The van der Waals surface area contributed by atoms with Gasteiger partial charge in [0.2, 0.25) is 0 Å². The number of ether oxygens (including phenoxy) is 1. The number of carboxylic acid groups (broad SMARTS) is 1. The summed E-state index contributed by atoms with van der Waals surface area (Å²) in [7, 11) is 3.52. The molecule has 1 unspecified atom stereocenters. The van der Waals surface area contributed by atoms with Crippen molar-refractivity contribution in [3.63, 3.8) is 0 Å². The minimum atomic E-state index is -1.28. The Labute approximate surface area is 241 Å². The standard InChI is InChI=1S/C29H33F2N3O6S/c1-5-7-11-24(29(37)40-6-2)33(17-20-22(30)9-8-10-23(20)31)27-25(28(35)36)21(16-32(3)4)26(41-27)18-12-14-19(15-13-18)34(38)39/h8-10,12-15,24H,5-7,11,16-17H2,1-4H3,(H,35,36). The second-order valence-electron chi connectivity index (χ2n) is 9.67. The van der Waals surface area contributed by atoms with Crippen LogP contribution in [0, 0.1) is 21.7 Å². The molecule has 0 aliphatic carbocycles. The first-order valence-corrected chi connectivity index (χ1v) is 14.0. The molecule has 1 N–H and O–H groups in total. The van der Waals surface area contributed by atoms with E-state index in [2.05, 4.69) is 0 Å². The number of hydrogen-bond acceptors (Lipinski definition) is 8. The number of anilines is 1. The predicted molar refractivity (Wildman–Crippen MR) is 153 cm³/mol. The second-order valence-corrected chi connectivity index (χ2v) is 10.7. The zero-order valence-electron chi connectivity index (χ0n) is 23.4. The van der Waals surface area contributed by atoms with Gasteiger partial charge in [-0.3, -0.25) is 10.1 Å². The Morgan fingerprint density at radius 1 is 1.05 bits per heavy atom. The minimum Gasteiger partial charge on any atom is -0.478 e. The molecule has 1 heterocycles. The highest BCUT2D eigenvalue weighted by atomic mass is 32.1. The van der Waals surface area contributed by atoms with Crippen LogP contribution in [0.25, 0.3) is 10.4 Å². The first-order valence-electron chi connectivity index (χ1n) is 13.1. The van der Waals surface area contributed by atoms with Crippen LogP contribution in [0.1, 0.15) is 54.6 Å². The molecule has 41 heavy (non-hydrogen) atoms. The van der Waals surface area contributed by atoms with Crippen molar-refractivity contribution in [3.8, 4) is 10.4 Å². The topological polar surface area (TPSA) is 113 Å². The SMILES string of the molecule is CCCCC(C(=O)OCC)N(Cc1c(F)cccc1F)c1sc(-c2ccc([N+](=O)[O-])cc2)c(CN(C)C)c1C(=O)O. The molecule has 0 bridgehead atoms. The summed E-state index contributed by atoms with van der Waals surface area (Å²) < 4.78 is 35.2. The quantitative estimate of drug-likeness (QED) is 0.129. The van der Waals surface area contributed by atoms with E-state index in [9.17, 15) is 33.6 Å². The Hall–Kier alpha value is -3.90. The normalized spacial score (nSPS) is 11.9. The molecule has 1 atom stereocenters. The summed E-state index contributed by atoms with van der Waals surface area (Å²) in [4.78, 5) is 40.5. The number of rotatable bonds is 14. The van der Waals surface area contributed by atoms with Gasteiger partial charge in [-0.1, -0.05) is 25.8 Å². The van der Waals surface area contributed by atoms with Gasteiger partial charge in [0, 0.05) is 34.7 Å². The van der Waals surface area contributed by atoms with E-state index in [1.54, 1.807) is 25.9 Å². The molecule has 1 aromatic heterocycles. The average Bonchev–Trinajstić information content (AvgIpc) is 3.28. The lowest BCUT2D eigenvalue weighted by atomic mass is 10.0. The summed E-state index contributed by atoms with van der Waals surface area (Å²) in [5.41, 5.74) is 0.392. The number of unbranched alkanes of at least 4 members (excludes halogenated alkanes) is 1. The van der Waals surface area contributed by atoms with Crippen LogP contribution in [0.4, 0.5) is 19.5 Å². The molecule has 0 spiro atoms. The van der Waals surface area contributed by atoms with Gasteiger partial charge in [-0.2, -0.15) is 0 Å². The van der Waals surface area contributed by atoms with Crippen molar-refractivity contribution in [2.24, 2.45) is 0 Å². The van der Waals surface area contributed by atoms with Crippen LogP contribution < -0.4 is 4.90 Å². The fraction of sp³-hybridized carbons (Fsp3) is 0.379. The van der Waals surface area contributed by atoms with E-state index in [1.165, 1.54) is 35.2 Å². The zero-order chi connectivity index (χ0) is 30.3. The number of carbonyl (C=O) groups excluding carboxylic acids is 1. The average molecular weight is 590 g/mol. The number of benzene rings is 2. The highest BCUT2D eigenvalue weighted by Crippen LogP contribution is 2.45. The first kappa shape index (κ1) is 31.6. The molecular weight excluding hydrogens is 556 g/mol. The van der Waals surface area contributed by atoms with Crippen molar-refractivity contribution >= 4 is 34.0 Å². The van der Waals surface area contributed by atoms with Gasteiger partial charge in [-0.25, -0.2) is 18.4 Å². The van der Waals surface area contributed by atoms with Gasteiger partial charge < -0.3 is 19.6 Å². The maximum Gasteiger partial charge on any atom is 0.339 e. The number of aromatic carboxylic acids is 1. The van der Waals surface area contributed by atoms with Crippen LogP contribution in [-0.2, 0) is 22.6 Å². The molecule has 0 fully saturated rings. The monoisotopic (exact) mass is 589 g/mol. The lowest BCUT2D eigenvalue weighted by Gasteiger charge is -2.32. The lowest BCUT2D eigenvalue weighted by Crippen LogP contribution is -2.42. The van der Waals surface area contributed by atoms with E-state index in [4.69, 9.17) is 4.74 Å². The fourth-order valence-electron chi connectivity index (χ4n) is 4.52. The predicted octanol–water partition coefficient (Wildman–Crippen LogP) is 6.49. The van der Waals surface area contributed by atoms with E-state index < -0.39 is 41.1 Å². The smallest absolute Gasteiger partial charge is 0.339 e. The third-order valence-electron chi connectivity index (χ3n) is 6.43. The van der Waals surface area contributed by atoms with Crippen molar-refractivity contribution in [2.75, 3.05) is 25.6 Å². The second kappa shape index (κ2) is 14.1. The van der Waals surface area contributed by atoms with E-state index in [1.807, 2.05) is 6.92 Å². The molecule has 12 heteroatoms. The number of nitro benzene ring substituents is 1. The molecule has 9 nitrogen and oxygen atoms in total. The van der Waals surface area contributed by atoms with Crippen molar-refractivity contribution in [2.45, 2.75) is 52.2 Å². The van der Waals surface area contributed by atoms with Crippen molar-refractivity contribution in [1.82, 2.24) is 4.90 Å². The van der Waals surface area contributed by atoms with Gasteiger partial charge in [-0.15, -0.1) is 11.3 Å². The number of nitro groups is 1. The Kier molecular flexibility index (Phi) is 10.9. The number of esters is 1. The molecular formula is C29H33F2N3O6S. The Balaban J connectivity index is 2.34. The Morgan fingerprint density at radius 3 is 2.20 bits per heavy atom. The van der Waals surface area contributed by atoms with Crippen LogP contribution in [0.3, 0.4) is 0 Å². The van der Waals surface area contributed by atoms with Crippen molar-refractivity contribution < 1.29 is 33.1 Å². The number of hydrogen-bond donors (Lipinski definition) is 1. The summed E-state index contributed by atoms with van der Waals surface area (Å²) in [6.45, 7) is 3.41. The Bertz CT molecular complexity index is 1370. The van der Waals surface area contributed by atoms with E-state index in [0.717, 1.165) is 23.5 Å². The van der Waals surface area contributed by atoms with Crippen LogP contribution in [0.5, 0.6) is 0 Å². The summed E-state index contributed by atoms with van der Waals surface area (Å²) in [5.74, 6) is -3.57. The number of halogens is 2. The van der Waals surface area contributed by atoms with Crippen molar-refractivity contribution in [1.29, 1.82) is 0 Å². The third-order valence-corrected chi connectivity index (χ3v) is 7.75. The zero-order valence-corrected chi connectivity index (χ0v) is 24.2. The summed E-state index contributed by atoms with van der Waals surface area (Å²) in [6.07, 6.45) is 1.56. The van der Waals surface area contributed by atoms with Crippen LogP contribution in [-0.4, -0.2) is 53.6 Å². The molecule has 0 saturated carbocycles. The number of non-ortho nitro benzene ring substituents is 1. The number of nitrogens with zero attached hydrogens (tertiary/aromatic N) is 3. The van der Waals surface area contributed by atoms with Gasteiger partial charge in [0.1, 0.15) is 22.7 Å². The molecule has 2 aromatic carbocycles. The molecule has 0 saturated heterocycles. The molecule has 0 amide bonds. The maximum atomic E-state index is 14.9.